The Labute approximate surface area is 169 Å². The molecule has 5 nitrogen and oxygen atoms in total. The van der Waals surface area contributed by atoms with E-state index in [4.69, 9.17) is 0 Å². The number of benzene rings is 1. The maximum absolute atomic E-state index is 13.1. The van der Waals surface area contributed by atoms with Gasteiger partial charge in [-0.05, 0) is 74.4 Å². The maximum Gasteiger partial charge on any atom is 0.269 e. The minimum absolute atomic E-state index is 0.0991. The van der Waals surface area contributed by atoms with Crippen LogP contribution < -0.4 is 5.32 Å². The lowest BCUT2D eigenvalue weighted by molar-refractivity contribution is 0.0919. The van der Waals surface area contributed by atoms with Gasteiger partial charge in [0.25, 0.3) is 5.91 Å². The van der Waals surface area contributed by atoms with Crippen LogP contribution in [0, 0.1) is 11.7 Å². The van der Waals surface area contributed by atoms with Crippen molar-refractivity contribution in [2.75, 3.05) is 31.1 Å². The molecule has 0 spiro atoms. The predicted molar refractivity (Wildman–Crippen MR) is 111 cm³/mol. The van der Waals surface area contributed by atoms with Gasteiger partial charge in [-0.2, -0.15) is 16.9 Å². The summed E-state index contributed by atoms with van der Waals surface area (Å²) in [7, 11) is 1.76. The number of likely N-dealkylation sites (tertiary alicyclic amines) is 1. The molecule has 7 heteroatoms. The smallest absolute Gasteiger partial charge is 0.269 e. The molecule has 2 aliphatic rings. The van der Waals surface area contributed by atoms with Gasteiger partial charge < -0.3 is 5.32 Å². The Kier molecular flexibility index (Phi) is 6.01. The van der Waals surface area contributed by atoms with Gasteiger partial charge in [0.1, 0.15) is 11.5 Å². The molecule has 1 N–H and O–H groups in total. The van der Waals surface area contributed by atoms with Crippen molar-refractivity contribution in [3.63, 3.8) is 0 Å². The molecule has 150 valence electrons. The SMILES string of the molecule is Cn1nc(-c2ccc(F)cc2)cc1C(=O)NCC1CCN(C2CCSC2)CC1. The molecule has 0 bridgehead atoms. The number of aromatic nitrogens is 2. The van der Waals surface area contributed by atoms with Crippen molar-refractivity contribution in [2.45, 2.75) is 25.3 Å². The van der Waals surface area contributed by atoms with E-state index < -0.39 is 0 Å². The Morgan fingerprint density at radius 1 is 1.25 bits per heavy atom. The lowest BCUT2D eigenvalue weighted by atomic mass is 9.95. The van der Waals surface area contributed by atoms with Crippen molar-refractivity contribution >= 4 is 17.7 Å². The van der Waals surface area contributed by atoms with Gasteiger partial charge in [0.05, 0.1) is 5.69 Å². The van der Waals surface area contributed by atoms with Gasteiger partial charge in [-0.1, -0.05) is 0 Å². The first-order valence-electron chi connectivity index (χ1n) is 10.00. The first-order chi connectivity index (χ1) is 13.6. The van der Waals surface area contributed by atoms with E-state index in [0.717, 1.165) is 37.5 Å². The number of nitrogens with zero attached hydrogens (tertiary/aromatic N) is 3. The Morgan fingerprint density at radius 2 is 2.00 bits per heavy atom. The Hall–Kier alpha value is -1.86. The molecule has 0 radical (unpaired) electrons. The third kappa shape index (κ3) is 4.41. The number of aryl methyl sites for hydroxylation is 1. The van der Waals surface area contributed by atoms with E-state index in [9.17, 15) is 9.18 Å². The molecule has 4 rings (SSSR count). The summed E-state index contributed by atoms with van der Waals surface area (Å²) in [5, 5.41) is 7.49. The number of halogens is 1. The van der Waals surface area contributed by atoms with Gasteiger partial charge in [-0.15, -0.1) is 0 Å². The average molecular weight is 403 g/mol. The van der Waals surface area contributed by atoms with E-state index in [-0.39, 0.29) is 11.7 Å². The molecule has 28 heavy (non-hydrogen) atoms. The van der Waals surface area contributed by atoms with Crippen LogP contribution in [-0.2, 0) is 7.05 Å². The number of hydrogen-bond acceptors (Lipinski definition) is 4. The van der Waals surface area contributed by atoms with Gasteiger partial charge in [0.2, 0.25) is 0 Å². The van der Waals surface area contributed by atoms with Gasteiger partial charge in [-0.25, -0.2) is 4.39 Å². The third-order valence-electron chi connectivity index (χ3n) is 5.87. The highest BCUT2D eigenvalue weighted by Crippen LogP contribution is 2.26. The highest BCUT2D eigenvalue weighted by atomic mass is 32.2. The van der Waals surface area contributed by atoms with Crippen LogP contribution in [0.3, 0.4) is 0 Å². The number of thioether (sulfide) groups is 1. The molecule has 2 aromatic rings. The standard InChI is InChI=1S/C21H27FN4OS/c1-25-20(12-19(24-25)16-2-4-17(22)5-3-16)21(27)23-13-15-6-9-26(10-7-15)18-8-11-28-14-18/h2-5,12,15,18H,6-11,13-14H2,1H3,(H,23,27). The summed E-state index contributed by atoms with van der Waals surface area (Å²) < 4.78 is 14.7. The van der Waals surface area contributed by atoms with Crippen LogP contribution >= 0.6 is 11.8 Å². The van der Waals surface area contributed by atoms with E-state index in [1.165, 1.54) is 30.1 Å². The molecule has 1 aromatic carbocycles. The molecular weight excluding hydrogens is 375 g/mol. The second-order valence-electron chi connectivity index (χ2n) is 7.75. The first kappa shape index (κ1) is 19.5. The number of amides is 1. The van der Waals surface area contributed by atoms with Crippen molar-refractivity contribution in [1.29, 1.82) is 0 Å². The van der Waals surface area contributed by atoms with Crippen molar-refractivity contribution in [2.24, 2.45) is 13.0 Å². The van der Waals surface area contributed by atoms with E-state index in [0.29, 0.717) is 23.9 Å². The van der Waals surface area contributed by atoms with Crippen molar-refractivity contribution in [3.05, 3.63) is 41.8 Å². The molecular formula is C21H27FN4OS. The van der Waals surface area contributed by atoms with Crippen LogP contribution in [0.5, 0.6) is 0 Å². The number of nitrogens with one attached hydrogen (secondary N) is 1. The second kappa shape index (κ2) is 8.66. The normalized spacial score (nSPS) is 21.1. The monoisotopic (exact) mass is 402 g/mol. The lowest BCUT2D eigenvalue weighted by Gasteiger charge is -2.35. The largest absolute Gasteiger partial charge is 0.350 e. The molecule has 2 saturated heterocycles. The van der Waals surface area contributed by atoms with Crippen LogP contribution in [0.25, 0.3) is 11.3 Å². The fourth-order valence-corrected chi connectivity index (χ4v) is 5.36. The van der Waals surface area contributed by atoms with Crippen LogP contribution in [0.15, 0.2) is 30.3 Å². The Balaban J connectivity index is 1.30. The van der Waals surface area contributed by atoms with Crippen LogP contribution in [0.4, 0.5) is 4.39 Å². The second-order valence-corrected chi connectivity index (χ2v) is 8.90. The van der Waals surface area contributed by atoms with Crippen LogP contribution in [0.2, 0.25) is 0 Å². The zero-order chi connectivity index (χ0) is 19.5. The predicted octanol–water partition coefficient (Wildman–Crippen LogP) is 3.17. The Bertz CT molecular complexity index is 808. The zero-order valence-corrected chi connectivity index (χ0v) is 17.1. The molecule has 2 aliphatic heterocycles. The number of carbonyl (C=O) groups excluding carboxylic acids is 1. The van der Waals surface area contributed by atoms with Gasteiger partial charge in [0.15, 0.2) is 0 Å². The topological polar surface area (TPSA) is 50.2 Å². The van der Waals surface area contributed by atoms with E-state index in [2.05, 4.69) is 27.1 Å². The summed E-state index contributed by atoms with van der Waals surface area (Å²) in [6, 6.07) is 8.69. The van der Waals surface area contributed by atoms with E-state index in [1.54, 1.807) is 29.9 Å². The minimum Gasteiger partial charge on any atom is -0.350 e. The molecule has 2 fully saturated rings. The number of piperidine rings is 1. The number of hydrogen-bond donors (Lipinski definition) is 1. The van der Waals surface area contributed by atoms with Crippen molar-refractivity contribution in [3.8, 4) is 11.3 Å². The summed E-state index contributed by atoms with van der Waals surface area (Å²) in [5.74, 6) is 2.73. The van der Waals surface area contributed by atoms with Gasteiger partial charge in [-0.3, -0.25) is 14.4 Å². The highest BCUT2D eigenvalue weighted by Gasteiger charge is 2.27. The number of carbonyl (C=O) groups is 1. The fourth-order valence-electron chi connectivity index (χ4n) is 4.10. The molecule has 3 heterocycles. The molecule has 0 saturated carbocycles. The average Bonchev–Trinajstić information content (AvgIpc) is 3.37. The molecule has 1 atom stereocenters. The molecule has 1 amide bonds. The van der Waals surface area contributed by atoms with Gasteiger partial charge >= 0.3 is 0 Å². The third-order valence-corrected chi connectivity index (χ3v) is 7.02. The summed E-state index contributed by atoms with van der Waals surface area (Å²) in [6.07, 6.45) is 3.62. The molecule has 0 aliphatic carbocycles. The molecule has 1 aromatic heterocycles. The highest BCUT2D eigenvalue weighted by molar-refractivity contribution is 7.99. The first-order valence-corrected chi connectivity index (χ1v) is 11.2. The number of rotatable bonds is 5. The summed E-state index contributed by atoms with van der Waals surface area (Å²) in [6.45, 7) is 3.00. The maximum atomic E-state index is 13.1. The van der Waals surface area contributed by atoms with E-state index in [1.807, 2.05) is 0 Å². The summed E-state index contributed by atoms with van der Waals surface area (Å²) in [5.41, 5.74) is 2.00. The summed E-state index contributed by atoms with van der Waals surface area (Å²) >= 11 is 2.07. The van der Waals surface area contributed by atoms with Crippen molar-refractivity contribution < 1.29 is 9.18 Å². The quantitative estimate of drug-likeness (QED) is 0.835. The van der Waals surface area contributed by atoms with Gasteiger partial charge in [0, 0.05) is 31.0 Å². The van der Waals surface area contributed by atoms with Crippen LogP contribution in [0.1, 0.15) is 29.8 Å². The minimum atomic E-state index is -0.282. The molecule has 1 unspecified atom stereocenters. The zero-order valence-electron chi connectivity index (χ0n) is 16.2. The lowest BCUT2D eigenvalue weighted by Crippen LogP contribution is -2.43. The van der Waals surface area contributed by atoms with Crippen LogP contribution in [-0.4, -0.2) is 57.8 Å². The summed E-state index contributed by atoms with van der Waals surface area (Å²) in [4.78, 5) is 15.3. The van der Waals surface area contributed by atoms with E-state index >= 15 is 0 Å². The van der Waals surface area contributed by atoms with Crippen molar-refractivity contribution in [1.82, 2.24) is 20.0 Å². The fraction of sp³-hybridized carbons (Fsp3) is 0.524. The Morgan fingerprint density at radius 3 is 2.68 bits per heavy atom.